The highest BCUT2D eigenvalue weighted by atomic mass is 79.9. The van der Waals surface area contributed by atoms with Crippen molar-refractivity contribution in [1.29, 1.82) is 0 Å². The van der Waals surface area contributed by atoms with Gasteiger partial charge in [-0.05, 0) is 45.4 Å². The molecular formula is C13H18BrNO2. The van der Waals surface area contributed by atoms with Gasteiger partial charge in [-0.1, -0.05) is 28.1 Å². The molecule has 0 spiro atoms. The Hall–Kier alpha value is -1.03. The first-order valence-electron chi connectivity index (χ1n) is 5.53. The number of halogens is 1. The second-order valence-corrected chi connectivity index (χ2v) is 5.84. The number of carbonyl (C=O) groups excluding carboxylic acids is 1. The van der Waals surface area contributed by atoms with Gasteiger partial charge in [0.25, 0.3) is 0 Å². The maximum Gasteiger partial charge on any atom is 0.408 e. The van der Waals surface area contributed by atoms with Crippen LogP contribution in [0.1, 0.15) is 39.3 Å². The Morgan fingerprint density at radius 3 is 2.29 bits per heavy atom. The fraction of sp³-hybridized carbons (Fsp3) is 0.462. The van der Waals surface area contributed by atoms with E-state index >= 15 is 0 Å². The molecule has 0 aromatic heterocycles. The third kappa shape index (κ3) is 5.22. The van der Waals surface area contributed by atoms with E-state index < -0.39 is 11.7 Å². The van der Waals surface area contributed by atoms with Crippen LogP contribution in [0.15, 0.2) is 28.7 Å². The number of alkyl carbamates (subject to hydrolysis) is 1. The van der Waals surface area contributed by atoms with Gasteiger partial charge in [0.2, 0.25) is 0 Å². The topological polar surface area (TPSA) is 38.3 Å². The highest BCUT2D eigenvalue weighted by Gasteiger charge is 2.18. The third-order valence-corrected chi connectivity index (χ3v) is 2.63. The molecule has 0 aliphatic heterocycles. The summed E-state index contributed by atoms with van der Waals surface area (Å²) in [6.45, 7) is 7.46. The van der Waals surface area contributed by atoms with Gasteiger partial charge < -0.3 is 10.1 Å². The lowest BCUT2D eigenvalue weighted by atomic mass is 10.1. The van der Waals surface area contributed by atoms with E-state index in [1.165, 1.54) is 0 Å². The molecule has 0 bridgehead atoms. The molecule has 3 nitrogen and oxygen atoms in total. The molecule has 1 atom stereocenters. The zero-order valence-corrected chi connectivity index (χ0v) is 12.2. The highest BCUT2D eigenvalue weighted by molar-refractivity contribution is 9.10. The molecule has 0 aliphatic rings. The SMILES string of the molecule is CC(NC(=O)OC(C)(C)C)c1ccc(Br)cc1. The Kier molecular flexibility index (Phi) is 4.57. The van der Waals surface area contributed by atoms with Crippen LogP contribution in [0.2, 0.25) is 0 Å². The largest absolute Gasteiger partial charge is 0.444 e. The van der Waals surface area contributed by atoms with Gasteiger partial charge >= 0.3 is 6.09 Å². The van der Waals surface area contributed by atoms with Crippen LogP contribution in [0, 0.1) is 0 Å². The van der Waals surface area contributed by atoms with Crippen LogP contribution >= 0.6 is 15.9 Å². The maximum absolute atomic E-state index is 11.6. The van der Waals surface area contributed by atoms with E-state index in [-0.39, 0.29) is 6.04 Å². The first-order valence-corrected chi connectivity index (χ1v) is 6.32. The maximum atomic E-state index is 11.6. The molecule has 17 heavy (non-hydrogen) atoms. The average molecular weight is 300 g/mol. The average Bonchev–Trinajstić information content (AvgIpc) is 2.15. The predicted octanol–water partition coefficient (Wildman–Crippen LogP) is 4.03. The first kappa shape index (κ1) is 14.0. The van der Waals surface area contributed by atoms with Crippen molar-refractivity contribution in [2.24, 2.45) is 0 Å². The van der Waals surface area contributed by atoms with Crippen LogP contribution in [0.25, 0.3) is 0 Å². The molecule has 0 saturated heterocycles. The van der Waals surface area contributed by atoms with Crippen molar-refractivity contribution >= 4 is 22.0 Å². The van der Waals surface area contributed by atoms with E-state index in [4.69, 9.17) is 4.74 Å². The lowest BCUT2D eigenvalue weighted by Crippen LogP contribution is -2.34. The fourth-order valence-corrected chi connectivity index (χ4v) is 1.58. The van der Waals surface area contributed by atoms with Crippen molar-refractivity contribution in [3.8, 4) is 0 Å². The van der Waals surface area contributed by atoms with Crippen LogP contribution in [0.3, 0.4) is 0 Å². The third-order valence-electron chi connectivity index (χ3n) is 2.10. The summed E-state index contributed by atoms with van der Waals surface area (Å²) < 4.78 is 6.21. The van der Waals surface area contributed by atoms with Gasteiger partial charge in [0.15, 0.2) is 0 Å². The molecule has 0 radical (unpaired) electrons. The van der Waals surface area contributed by atoms with Crippen LogP contribution in [-0.4, -0.2) is 11.7 Å². The quantitative estimate of drug-likeness (QED) is 0.895. The number of amides is 1. The molecule has 1 N–H and O–H groups in total. The van der Waals surface area contributed by atoms with E-state index in [2.05, 4.69) is 21.2 Å². The molecule has 94 valence electrons. The summed E-state index contributed by atoms with van der Waals surface area (Å²) in [6, 6.07) is 7.75. The molecule has 1 amide bonds. The minimum Gasteiger partial charge on any atom is -0.444 e. The monoisotopic (exact) mass is 299 g/mol. The zero-order chi connectivity index (χ0) is 13.1. The van der Waals surface area contributed by atoms with Crippen LogP contribution < -0.4 is 5.32 Å². The normalized spacial score (nSPS) is 13.0. The number of benzene rings is 1. The zero-order valence-electron chi connectivity index (χ0n) is 10.6. The van der Waals surface area contributed by atoms with Crippen molar-refractivity contribution in [3.63, 3.8) is 0 Å². The minimum atomic E-state index is -0.469. The minimum absolute atomic E-state index is 0.0713. The van der Waals surface area contributed by atoms with Crippen molar-refractivity contribution in [2.75, 3.05) is 0 Å². The second-order valence-electron chi connectivity index (χ2n) is 4.92. The Balaban J connectivity index is 2.57. The lowest BCUT2D eigenvalue weighted by molar-refractivity contribution is 0.0508. The van der Waals surface area contributed by atoms with E-state index in [0.29, 0.717) is 0 Å². The van der Waals surface area contributed by atoms with Crippen LogP contribution in [0.4, 0.5) is 4.79 Å². The molecular weight excluding hydrogens is 282 g/mol. The number of rotatable bonds is 2. The fourth-order valence-electron chi connectivity index (χ4n) is 1.32. The van der Waals surface area contributed by atoms with E-state index in [9.17, 15) is 4.79 Å². The molecule has 0 heterocycles. The van der Waals surface area contributed by atoms with Gasteiger partial charge in [0.1, 0.15) is 5.60 Å². The van der Waals surface area contributed by atoms with E-state index in [0.717, 1.165) is 10.0 Å². The summed E-state index contributed by atoms with van der Waals surface area (Å²) in [7, 11) is 0. The lowest BCUT2D eigenvalue weighted by Gasteiger charge is -2.22. The number of ether oxygens (including phenoxy) is 1. The van der Waals surface area contributed by atoms with Crippen molar-refractivity contribution in [1.82, 2.24) is 5.32 Å². The Morgan fingerprint density at radius 2 is 1.82 bits per heavy atom. The van der Waals surface area contributed by atoms with Crippen LogP contribution in [0.5, 0.6) is 0 Å². The molecule has 0 saturated carbocycles. The Labute approximate surface area is 111 Å². The molecule has 1 aromatic carbocycles. The molecule has 1 aromatic rings. The molecule has 0 aliphatic carbocycles. The summed E-state index contributed by atoms with van der Waals surface area (Å²) in [4.78, 5) is 11.6. The summed E-state index contributed by atoms with van der Waals surface area (Å²) in [6.07, 6.45) is -0.395. The Bertz CT molecular complexity index is 381. The van der Waals surface area contributed by atoms with E-state index in [1.807, 2.05) is 52.0 Å². The number of hydrogen-bond donors (Lipinski definition) is 1. The summed E-state index contributed by atoms with van der Waals surface area (Å²) in [5.74, 6) is 0. The van der Waals surface area contributed by atoms with Gasteiger partial charge in [0.05, 0.1) is 6.04 Å². The van der Waals surface area contributed by atoms with Gasteiger partial charge in [-0.25, -0.2) is 4.79 Å². The highest BCUT2D eigenvalue weighted by Crippen LogP contribution is 2.17. The summed E-state index contributed by atoms with van der Waals surface area (Å²) >= 11 is 3.37. The number of hydrogen-bond acceptors (Lipinski definition) is 2. The van der Waals surface area contributed by atoms with Crippen molar-refractivity contribution in [3.05, 3.63) is 34.3 Å². The molecule has 4 heteroatoms. The van der Waals surface area contributed by atoms with Crippen LogP contribution in [-0.2, 0) is 4.74 Å². The smallest absolute Gasteiger partial charge is 0.408 e. The summed E-state index contributed by atoms with van der Waals surface area (Å²) in [5.41, 5.74) is 0.572. The first-order chi connectivity index (χ1) is 7.78. The van der Waals surface area contributed by atoms with Crippen molar-refractivity contribution in [2.45, 2.75) is 39.3 Å². The Morgan fingerprint density at radius 1 is 1.29 bits per heavy atom. The van der Waals surface area contributed by atoms with E-state index in [1.54, 1.807) is 0 Å². The molecule has 0 fully saturated rings. The van der Waals surface area contributed by atoms with Gasteiger partial charge in [-0.2, -0.15) is 0 Å². The van der Waals surface area contributed by atoms with Gasteiger partial charge in [-0.3, -0.25) is 0 Å². The van der Waals surface area contributed by atoms with Crippen molar-refractivity contribution < 1.29 is 9.53 Å². The molecule has 1 rings (SSSR count). The van der Waals surface area contributed by atoms with Gasteiger partial charge in [-0.15, -0.1) is 0 Å². The standard InChI is InChI=1S/C13H18BrNO2/c1-9(10-5-7-11(14)8-6-10)15-12(16)17-13(2,3)4/h5-9H,1-4H3,(H,15,16). The number of carbonyl (C=O) groups is 1. The summed E-state index contributed by atoms with van der Waals surface area (Å²) in [5, 5.41) is 2.80. The second kappa shape index (κ2) is 5.54. The molecule has 1 unspecified atom stereocenters. The predicted molar refractivity (Wildman–Crippen MR) is 71.9 cm³/mol. The van der Waals surface area contributed by atoms with Gasteiger partial charge in [0, 0.05) is 4.47 Å². The number of nitrogens with one attached hydrogen (secondary N) is 1.